The second-order valence-corrected chi connectivity index (χ2v) is 5.94. The van der Waals surface area contributed by atoms with E-state index in [1.807, 2.05) is 0 Å². The molecule has 7 nitrogen and oxygen atoms in total. The van der Waals surface area contributed by atoms with Crippen molar-refractivity contribution in [2.45, 2.75) is 38.8 Å². The number of rotatable bonds is 7. The van der Waals surface area contributed by atoms with Crippen LogP contribution in [0.25, 0.3) is 0 Å². The van der Waals surface area contributed by atoms with Gasteiger partial charge in [-0.25, -0.2) is 9.59 Å². The van der Waals surface area contributed by atoms with Gasteiger partial charge in [-0.3, -0.25) is 0 Å². The fourth-order valence-electron chi connectivity index (χ4n) is 1.73. The third-order valence-electron chi connectivity index (χ3n) is 2.70. The molecule has 0 spiro atoms. The lowest BCUT2D eigenvalue weighted by Crippen LogP contribution is -2.44. The van der Waals surface area contributed by atoms with E-state index in [9.17, 15) is 14.7 Å². The molecular weight excluding hydrogens is 302 g/mol. The molecule has 2 N–H and O–H groups in total. The van der Waals surface area contributed by atoms with Crippen molar-refractivity contribution in [3.05, 3.63) is 29.8 Å². The summed E-state index contributed by atoms with van der Waals surface area (Å²) in [5.74, 6) is -0.516. The van der Waals surface area contributed by atoms with Gasteiger partial charge in [-0.15, -0.1) is 0 Å². The number of nitrogens with one attached hydrogen (secondary N) is 1. The largest absolute Gasteiger partial charge is 0.480 e. The molecule has 0 saturated heterocycles. The van der Waals surface area contributed by atoms with Gasteiger partial charge in [0.15, 0.2) is 6.79 Å². The first-order chi connectivity index (χ1) is 10.7. The zero-order valence-corrected chi connectivity index (χ0v) is 13.8. The SMILES string of the molecule is COCOc1ccc(C[C@@H](NC(=O)OC(C)(C)C)C(=O)O)cc1. The van der Waals surface area contributed by atoms with Crippen molar-refractivity contribution in [3.63, 3.8) is 0 Å². The quantitative estimate of drug-likeness (QED) is 0.746. The summed E-state index contributed by atoms with van der Waals surface area (Å²) >= 11 is 0. The number of carbonyl (C=O) groups excluding carboxylic acids is 1. The van der Waals surface area contributed by atoms with E-state index in [4.69, 9.17) is 14.2 Å². The third-order valence-corrected chi connectivity index (χ3v) is 2.70. The van der Waals surface area contributed by atoms with Gasteiger partial charge in [0.05, 0.1) is 0 Å². The molecule has 1 aromatic carbocycles. The molecule has 1 aromatic rings. The molecule has 0 bridgehead atoms. The Morgan fingerprint density at radius 2 is 1.83 bits per heavy atom. The summed E-state index contributed by atoms with van der Waals surface area (Å²) in [6.07, 6.45) is -0.621. The number of hydrogen-bond acceptors (Lipinski definition) is 5. The number of alkyl carbamates (subject to hydrolysis) is 1. The number of benzene rings is 1. The number of methoxy groups -OCH3 is 1. The van der Waals surface area contributed by atoms with E-state index < -0.39 is 23.7 Å². The van der Waals surface area contributed by atoms with Crippen LogP contribution >= 0.6 is 0 Å². The molecule has 0 aliphatic rings. The van der Waals surface area contributed by atoms with Gasteiger partial charge in [-0.2, -0.15) is 0 Å². The molecule has 0 radical (unpaired) electrons. The zero-order valence-electron chi connectivity index (χ0n) is 13.8. The van der Waals surface area contributed by atoms with Gasteiger partial charge in [0, 0.05) is 13.5 Å². The van der Waals surface area contributed by atoms with Crippen LogP contribution in [-0.2, 0) is 20.7 Å². The molecule has 0 saturated carbocycles. The highest BCUT2D eigenvalue weighted by atomic mass is 16.7. The van der Waals surface area contributed by atoms with Crippen molar-refractivity contribution in [1.82, 2.24) is 5.32 Å². The predicted molar refractivity (Wildman–Crippen MR) is 83.4 cm³/mol. The summed E-state index contributed by atoms with van der Waals surface area (Å²) < 4.78 is 15.1. The normalized spacial score (nSPS) is 12.3. The van der Waals surface area contributed by atoms with E-state index in [0.29, 0.717) is 5.75 Å². The molecule has 7 heteroatoms. The van der Waals surface area contributed by atoms with Crippen LogP contribution in [0.5, 0.6) is 5.75 Å². The van der Waals surface area contributed by atoms with Crippen molar-refractivity contribution in [2.75, 3.05) is 13.9 Å². The Kier molecular flexibility index (Phi) is 6.84. The fraction of sp³-hybridized carbons (Fsp3) is 0.500. The van der Waals surface area contributed by atoms with Crippen molar-refractivity contribution in [1.29, 1.82) is 0 Å². The molecule has 1 amide bonds. The maximum absolute atomic E-state index is 11.7. The minimum Gasteiger partial charge on any atom is -0.480 e. The van der Waals surface area contributed by atoms with Gasteiger partial charge in [-0.1, -0.05) is 12.1 Å². The summed E-state index contributed by atoms with van der Waals surface area (Å²) in [4.78, 5) is 23.0. The van der Waals surface area contributed by atoms with Crippen molar-refractivity contribution in [2.24, 2.45) is 0 Å². The minimum absolute atomic E-state index is 0.136. The van der Waals surface area contributed by atoms with Gasteiger partial charge < -0.3 is 24.6 Å². The first kappa shape index (κ1) is 18.8. The van der Waals surface area contributed by atoms with Crippen LogP contribution in [0.2, 0.25) is 0 Å². The highest BCUT2D eigenvalue weighted by Gasteiger charge is 2.24. The van der Waals surface area contributed by atoms with Gasteiger partial charge in [0.2, 0.25) is 0 Å². The third kappa shape index (κ3) is 7.51. The lowest BCUT2D eigenvalue weighted by atomic mass is 10.1. The van der Waals surface area contributed by atoms with E-state index in [-0.39, 0.29) is 13.2 Å². The Hall–Kier alpha value is -2.28. The molecule has 128 valence electrons. The highest BCUT2D eigenvalue weighted by molar-refractivity contribution is 5.80. The first-order valence-corrected chi connectivity index (χ1v) is 7.14. The molecule has 0 aromatic heterocycles. The van der Waals surface area contributed by atoms with Crippen LogP contribution in [-0.4, -0.2) is 42.7 Å². The van der Waals surface area contributed by atoms with Gasteiger partial charge in [0.25, 0.3) is 0 Å². The second kappa shape index (κ2) is 8.38. The molecule has 0 unspecified atom stereocenters. The van der Waals surface area contributed by atoms with Gasteiger partial charge in [0.1, 0.15) is 17.4 Å². The van der Waals surface area contributed by atoms with Crippen LogP contribution in [0.1, 0.15) is 26.3 Å². The second-order valence-electron chi connectivity index (χ2n) is 5.94. The molecule has 1 atom stereocenters. The summed E-state index contributed by atoms with van der Waals surface area (Å²) in [6, 6.07) is 5.81. The summed E-state index contributed by atoms with van der Waals surface area (Å²) in [5, 5.41) is 11.6. The summed E-state index contributed by atoms with van der Waals surface area (Å²) in [7, 11) is 1.52. The van der Waals surface area contributed by atoms with Crippen LogP contribution in [0.15, 0.2) is 24.3 Å². The topological polar surface area (TPSA) is 94.1 Å². The standard InChI is InChI=1S/C16H23NO6/c1-16(2,3)23-15(20)17-13(14(18)19)9-11-5-7-12(8-6-11)22-10-21-4/h5-8,13H,9-10H2,1-4H3,(H,17,20)(H,18,19)/t13-/m1/s1. The van der Waals surface area contributed by atoms with Crippen molar-refractivity contribution < 1.29 is 28.9 Å². The molecule has 0 aliphatic carbocycles. The Morgan fingerprint density at radius 1 is 1.22 bits per heavy atom. The zero-order chi connectivity index (χ0) is 17.5. The van der Waals surface area contributed by atoms with E-state index >= 15 is 0 Å². The molecule has 0 fully saturated rings. The van der Waals surface area contributed by atoms with Crippen molar-refractivity contribution in [3.8, 4) is 5.75 Å². The summed E-state index contributed by atoms with van der Waals surface area (Å²) in [6.45, 7) is 5.26. The maximum atomic E-state index is 11.7. The van der Waals surface area contributed by atoms with Crippen molar-refractivity contribution >= 4 is 12.1 Å². The van der Waals surface area contributed by atoms with Crippen LogP contribution in [0.3, 0.4) is 0 Å². The molecule has 0 aliphatic heterocycles. The van der Waals surface area contributed by atoms with E-state index in [0.717, 1.165) is 5.56 Å². The Bertz CT molecular complexity index is 520. The number of hydrogen-bond donors (Lipinski definition) is 2. The van der Waals surface area contributed by atoms with E-state index in [2.05, 4.69) is 5.32 Å². The van der Waals surface area contributed by atoms with E-state index in [1.165, 1.54) is 7.11 Å². The first-order valence-electron chi connectivity index (χ1n) is 7.14. The number of ether oxygens (including phenoxy) is 3. The smallest absolute Gasteiger partial charge is 0.408 e. The Morgan fingerprint density at radius 3 is 2.30 bits per heavy atom. The number of amides is 1. The predicted octanol–water partition coefficient (Wildman–Crippen LogP) is 2.19. The van der Waals surface area contributed by atoms with Crippen LogP contribution in [0, 0.1) is 0 Å². The van der Waals surface area contributed by atoms with E-state index in [1.54, 1.807) is 45.0 Å². The van der Waals surface area contributed by atoms with Gasteiger partial charge in [-0.05, 0) is 38.5 Å². The summed E-state index contributed by atoms with van der Waals surface area (Å²) in [5.41, 5.74) is 0.0613. The number of carbonyl (C=O) groups is 2. The molecule has 1 rings (SSSR count). The van der Waals surface area contributed by atoms with Crippen LogP contribution < -0.4 is 10.1 Å². The monoisotopic (exact) mass is 325 g/mol. The van der Waals surface area contributed by atoms with Gasteiger partial charge >= 0.3 is 12.1 Å². The molecule has 0 heterocycles. The van der Waals surface area contributed by atoms with Crippen LogP contribution in [0.4, 0.5) is 4.79 Å². The Labute approximate surface area is 135 Å². The Balaban J connectivity index is 2.65. The number of carboxylic acids is 1. The minimum atomic E-state index is -1.13. The average molecular weight is 325 g/mol. The number of carboxylic acid groups (broad SMARTS) is 1. The molecular formula is C16H23NO6. The molecule has 23 heavy (non-hydrogen) atoms. The lowest BCUT2D eigenvalue weighted by molar-refractivity contribution is -0.139. The number of aliphatic carboxylic acids is 1. The lowest BCUT2D eigenvalue weighted by Gasteiger charge is -2.22. The maximum Gasteiger partial charge on any atom is 0.408 e. The highest BCUT2D eigenvalue weighted by Crippen LogP contribution is 2.14. The fourth-order valence-corrected chi connectivity index (χ4v) is 1.73. The average Bonchev–Trinajstić information content (AvgIpc) is 2.43.